The minimum Gasteiger partial charge on any atom is -0.492 e. The molecule has 0 spiro atoms. The zero-order chi connectivity index (χ0) is 12.1. The average Bonchev–Trinajstić information content (AvgIpc) is 2.37. The second-order valence-electron chi connectivity index (χ2n) is 3.55. The first-order chi connectivity index (χ1) is 8.29. The number of aromatic amines is 1. The van der Waals surface area contributed by atoms with E-state index in [1.165, 1.54) is 6.20 Å². The Kier molecular flexibility index (Phi) is 3.49. The fourth-order valence-corrected chi connectivity index (χ4v) is 1.40. The summed E-state index contributed by atoms with van der Waals surface area (Å²) in [5.74, 6) is 0.696. The number of aromatic nitrogens is 3. The van der Waals surface area contributed by atoms with Crippen molar-refractivity contribution < 1.29 is 4.74 Å². The van der Waals surface area contributed by atoms with Crippen molar-refractivity contribution in [3.63, 3.8) is 0 Å². The van der Waals surface area contributed by atoms with E-state index in [0.717, 1.165) is 12.0 Å². The Bertz CT molecular complexity index is 551. The van der Waals surface area contributed by atoms with E-state index in [-0.39, 0.29) is 5.69 Å². The van der Waals surface area contributed by atoms with Gasteiger partial charge in [-0.15, -0.1) is 0 Å². The molecule has 0 amide bonds. The number of rotatable bonds is 4. The highest BCUT2D eigenvalue weighted by Gasteiger charge is 2.01. The third-order valence-corrected chi connectivity index (χ3v) is 2.17. The lowest BCUT2D eigenvalue weighted by molar-refractivity contribution is 0.316. The number of ether oxygens (including phenoxy) is 1. The fourth-order valence-electron chi connectivity index (χ4n) is 1.40. The predicted octanol–water partition coefficient (Wildman–Crippen LogP) is 1.62. The molecule has 88 valence electrons. The lowest BCUT2D eigenvalue weighted by atomic mass is 10.2. The minimum absolute atomic E-state index is 0.373. The SMILES string of the molecule is CCCOc1cncc(-c2ccnc(=O)[nH]2)c1. The monoisotopic (exact) mass is 231 g/mol. The molecule has 17 heavy (non-hydrogen) atoms. The van der Waals surface area contributed by atoms with E-state index in [9.17, 15) is 4.79 Å². The molecule has 0 saturated carbocycles. The number of hydrogen-bond donors (Lipinski definition) is 1. The third-order valence-electron chi connectivity index (χ3n) is 2.17. The van der Waals surface area contributed by atoms with Crippen molar-refractivity contribution in [2.75, 3.05) is 6.61 Å². The summed E-state index contributed by atoms with van der Waals surface area (Å²) in [5, 5.41) is 0. The van der Waals surface area contributed by atoms with Crippen LogP contribution in [-0.2, 0) is 0 Å². The molecule has 0 aliphatic carbocycles. The van der Waals surface area contributed by atoms with Crippen molar-refractivity contribution in [2.24, 2.45) is 0 Å². The number of hydrogen-bond acceptors (Lipinski definition) is 4. The van der Waals surface area contributed by atoms with E-state index in [0.29, 0.717) is 18.1 Å². The molecule has 0 aliphatic heterocycles. The number of nitrogens with one attached hydrogen (secondary N) is 1. The largest absolute Gasteiger partial charge is 0.492 e. The maximum absolute atomic E-state index is 11.1. The van der Waals surface area contributed by atoms with Crippen LogP contribution in [0.4, 0.5) is 0 Å². The van der Waals surface area contributed by atoms with Crippen molar-refractivity contribution >= 4 is 0 Å². The normalized spacial score (nSPS) is 10.2. The highest BCUT2D eigenvalue weighted by atomic mass is 16.5. The van der Waals surface area contributed by atoms with Crippen molar-refractivity contribution in [2.45, 2.75) is 13.3 Å². The van der Waals surface area contributed by atoms with Crippen LogP contribution in [0.3, 0.4) is 0 Å². The molecule has 0 aliphatic rings. The zero-order valence-electron chi connectivity index (χ0n) is 9.51. The Morgan fingerprint density at radius 1 is 1.41 bits per heavy atom. The van der Waals surface area contributed by atoms with Gasteiger partial charge < -0.3 is 9.72 Å². The molecule has 2 heterocycles. The molecule has 0 unspecified atom stereocenters. The van der Waals surface area contributed by atoms with Crippen LogP contribution < -0.4 is 10.4 Å². The molecule has 2 aromatic heterocycles. The number of pyridine rings is 1. The van der Waals surface area contributed by atoms with Gasteiger partial charge >= 0.3 is 5.69 Å². The molecule has 1 N–H and O–H groups in total. The van der Waals surface area contributed by atoms with Gasteiger partial charge in [0.15, 0.2) is 0 Å². The molecular formula is C12H13N3O2. The molecule has 0 fully saturated rings. The van der Waals surface area contributed by atoms with Crippen LogP contribution in [0, 0.1) is 0 Å². The van der Waals surface area contributed by atoms with Gasteiger partial charge in [-0.25, -0.2) is 9.78 Å². The number of nitrogens with zero attached hydrogens (tertiary/aromatic N) is 2. The number of H-pyrrole nitrogens is 1. The summed E-state index contributed by atoms with van der Waals surface area (Å²) < 4.78 is 5.48. The molecule has 0 bridgehead atoms. The fraction of sp³-hybridized carbons (Fsp3) is 0.250. The molecule has 0 saturated heterocycles. The van der Waals surface area contributed by atoms with Crippen LogP contribution in [-0.4, -0.2) is 21.6 Å². The standard InChI is InChI=1S/C12H13N3O2/c1-2-5-17-10-6-9(7-13-8-10)11-3-4-14-12(16)15-11/h3-4,6-8H,2,5H2,1H3,(H,14,15,16). The summed E-state index contributed by atoms with van der Waals surface area (Å²) in [4.78, 5) is 21.4. The minimum atomic E-state index is -0.373. The second-order valence-corrected chi connectivity index (χ2v) is 3.55. The van der Waals surface area contributed by atoms with Crippen LogP contribution in [0.2, 0.25) is 0 Å². The van der Waals surface area contributed by atoms with Crippen LogP contribution in [0.1, 0.15) is 13.3 Å². The van der Waals surface area contributed by atoms with Gasteiger partial charge in [0.25, 0.3) is 0 Å². The van der Waals surface area contributed by atoms with Crippen LogP contribution in [0.25, 0.3) is 11.3 Å². The molecule has 0 atom stereocenters. The zero-order valence-corrected chi connectivity index (χ0v) is 9.51. The first kappa shape index (κ1) is 11.3. The molecule has 2 aromatic rings. The predicted molar refractivity (Wildman–Crippen MR) is 63.9 cm³/mol. The van der Waals surface area contributed by atoms with Crippen LogP contribution >= 0.6 is 0 Å². The molecule has 5 heteroatoms. The Morgan fingerprint density at radius 2 is 2.29 bits per heavy atom. The maximum Gasteiger partial charge on any atom is 0.345 e. The Hall–Kier alpha value is -2.17. The topological polar surface area (TPSA) is 67.9 Å². The summed E-state index contributed by atoms with van der Waals surface area (Å²) in [5.41, 5.74) is 1.11. The van der Waals surface area contributed by atoms with E-state index in [1.54, 1.807) is 18.5 Å². The van der Waals surface area contributed by atoms with Gasteiger partial charge in [0.05, 0.1) is 18.5 Å². The van der Waals surface area contributed by atoms with E-state index in [4.69, 9.17) is 4.74 Å². The first-order valence-electron chi connectivity index (χ1n) is 5.43. The average molecular weight is 231 g/mol. The summed E-state index contributed by atoms with van der Waals surface area (Å²) in [6.45, 7) is 2.69. The smallest absolute Gasteiger partial charge is 0.345 e. The van der Waals surface area contributed by atoms with Gasteiger partial charge in [-0.05, 0) is 18.6 Å². The van der Waals surface area contributed by atoms with Gasteiger partial charge in [0.1, 0.15) is 5.75 Å². The van der Waals surface area contributed by atoms with Gasteiger partial charge in [-0.3, -0.25) is 4.98 Å². The van der Waals surface area contributed by atoms with Crippen molar-refractivity contribution in [1.82, 2.24) is 15.0 Å². The van der Waals surface area contributed by atoms with E-state index in [1.807, 2.05) is 13.0 Å². The third kappa shape index (κ3) is 2.90. The summed E-state index contributed by atoms with van der Waals surface area (Å²) in [7, 11) is 0. The van der Waals surface area contributed by atoms with Gasteiger partial charge in [0.2, 0.25) is 0 Å². The molecular weight excluding hydrogens is 218 g/mol. The second kappa shape index (κ2) is 5.25. The van der Waals surface area contributed by atoms with Gasteiger partial charge in [-0.1, -0.05) is 6.92 Å². The Balaban J connectivity index is 2.29. The first-order valence-corrected chi connectivity index (χ1v) is 5.43. The van der Waals surface area contributed by atoms with E-state index < -0.39 is 0 Å². The Morgan fingerprint density at radius 3 is 3.06 bits per heavy atom. The molecule has 0 aromatic carbocycles. The highest BCUT2D eigenvalue weighted by molar-refractivity contribution is 5.58. The van der Waals surface area contributed by atoms with Gasteiger partial charge in [0, 0.05) is 18.0 Å². The van der Waals surface area contributed by atoms with E-state index >= 15 is 0 Å². The lowest BCUT2D eigenvalue weighted by Gasteiger charge is -2.05. The van der Waals surface area contributed by atoms with Crippen molar-refractivity contribution in [3.8, 4) is 17.0 Å². The summed E-state index contributed by atoms with van der Waals surface area (Å²) in [6.07, 6.45) is 5.73. The molecule has 0 radical (unpaired) electrons. The summed E-state index contributed by atoms with van der Waals surface area (Å²) in [6, 6.07) is 3.57. The van der Waals surface area contributed by atoms with Crippen molar-refractivity contribution in [1.29, 1.82) is 0 Å². The van der Waals surface area contributed by atoms with Crippen molar-refractivity contribution in [3.05, 3.63) is 41.2 Å². The Labute approximate surface area is 98.5 Å². The van der Waals surface area contributed by atoms with E-state index in [2.05, 4.69) is 15.0 Å². The van der Waals surface area contributed by atoms with Gasteiger partial charge in [-0.2, -0.15) is 0 Å². The van der Waals surface area contributed by atoms with Crippen LogP contribution in [0.15, 0.2) is 35.5 Å². The lowest BCUT2D eigenvalue weighted by Crippen LogP contribution is -2.09. The highest BCUT2D eigenvalue weighted by Crippen LogP contribution is 2.19. The van der Waals surface area contributed by atoms with Crippen LogP contribution in [0.5, 0.6) is 5.75 Å². The maximum atomic E-state index is 11.1. The summed E-state index contributed by atoms with van der Waals surface area (Å²) >= 11 is 0. The molecule has 2 rings (SSSR count). The quantitative estimate of drug-likeness (QED) is 0.868. The molecule has 5 nitrogen and oxygen atoms in total.